The Bertz CT molecular complexity index is 381. The Morgan fingerprint density at radius 3 is 2.37 bits per heavy atom. The van der Waals surface area contributed by atoms with E-state index in [2.05, 4.69) is 6.58 Å². The van der Waals surface area contributed by atoms with E-state index < -0.39 is 0 Å². The maximum atomic E-state index is 10.8. The largest absolute Gasteiger partial charge is 0.494 e. The molecule has 1 rings (SSSR count). The summed E-state index contributed by atoms with van der Waals surface area (Å²) in [5, 5.41) is 0. The van der Waals surface area contributed by atoms with Crippen LogP contribution in [0.25, 0.3) is 0 Å². The molecule has 0 radical (unpaired) electrons. The number of carbonyl (C=O) groups is 1. The highest BCUT2D eigenvalue weighted by Crippen LogP contribution is 2.18. The van der Waals surface area contributed by atoms with Crippen LogP contribution in [0.1, 0.15) is 39.0 Å². The van der Waals surface area contributed by atoms with E-state index in [1.807, 2.05) is 18.2 Å². The summed E-state index contributed by atoms with van der Waals surface area (Å²) in [7, 11) is 0. The Balaban J connectivity index is 2.15. The van der Waals surface area contributed by atoms with Crippen molar-refractivity contribution < 1.29 is 14.3 Å². The van der Waals surface area contributed by atoms with Gasteiger partial charge in [-0.3, -0.25) is 4.79 Å². The summed E-state index contributed by atoms with van der Waals surface area (Å²) in [6, 6.07) is 7.10. The second kappa shape index (κ2) is 9.20. The van der Waals surface area contributed by atoms with Crippen LogP contribution in [0.2, 0.25) is 0 Å². The van der Waals surface area contributed by atoms with Gasteiger partial charge in [-0.25, -0.2) is 0 Å². The second-order valence-electron chi connectivity index (χ2n) is 4.41. The van der Waals surface area contributed by atoms with E-state index in [0.717, 1.165) is 25.2 Å². The number of rotatable bonds is 9. The third-order valence-electron chi connectivity index (χ3n) is 2.66. The van der Waals surface area contributed by atoms with E-state index in [4.69, 9.17) is 9.47 Å². The third kappa shape index (κ3) is 7.29. The molecule has 0 fully saturated rings. The number of unbranched alkanes of at least 4 members (excludes halogenated alkanes) is 4. The van der Waals surface area contributed by atoms with Crippen LogP contribution in [0.5, 0.6) is 11.5 Å². The maximum absolute atomic E-state index is 10.8. The summed E-state index contributed by atoms with van der Waals surface area (Å²) in [6.07, 6.45) is 7.73. The summed E-state index contributed by atoms with van der Waals surface area (Å²) in [6.45, 7) is 5.81. The van der Waals surface area contributed by atoms with E-state index in [0.29, 0.717) is 5.75 Å². The van der Waals surface area contributed by atoms with Crippen molar-refractivity contribution in [2.24, 2.45) is 0 Å². The van der Waals surface area contributed by atoms with Crippen LogP contribution >= 0.6 is 0 Å². The van der Waals surface area contributed by atoms with Gasteiger partial charge in [-0.05, 0) is 43.5 Å². The molecule has 0 atom stereocenters. The molecule has 0 aliphatic heterocycles. The van der Waals surface area contributed by atoms with Crippen molar-refractivity contribution in [2.45, 2.75) is 39.0 Å². The van der Waals surface area contributed by atoms with Gasteiger partial charge >= 0.3 is 5.97 Å². The van der Waals surface area contributed by atoms with E-state index in [1.165, 1.54) is 26.2 Å². The van der Waals surface area contributed by atoms with E-state index in [-0.39, 0.29) is 5.97 Å². The van der Waals surface area contributed by atoms with E-state index in [9.17, 15) is 4.79 Å². The smallest absolute Gasteiger partial charge is 0.308 e. The maximum Gasteiger partial charge on any atom is 0.308 e. The van der Waals surface area contributed by atoms with Gasteiger partial charge in [0.25, 0.3) is 0 Å². The van der Waals surface area contributed by atoms with Crippen molar-refractivity contribution in [1.29, 1.82) is 0 Å². The summed E-state index contributed by atoms with van der Waals surface area (Å²) in [5.41, 5.74) is 0. The van der Waals surface area contributed by atoms with E-state index in [1.54, 1.807) is 12.1 Å². The minimum Gasteiger partial charge on any atom is -0.494 e. The van der Waals surface area contributed by atoms with Crippen molar-refractivity contribution in [3.05, 3.63) is 36.9 Å². The first-order chi connectivity index (χ1) is 9.22. The van der Waals surface area contributed by atoms with Gasteiger partial charge in [-0.1, -0.05) is 18.9 Å². The molecule has 0 amide bonds. The molecule has 3 heteroatoms. The summed E-state index contributed by atoms with van der Waals surface area (Å²) in [4.78, 5) is 10.8. The zero-order valence-electron chi connectivity index (χ0n) is 11.6. The number of benzene rings is 1. The lowest BCUT2D eigenvalue weighted by atomic mass is 10.1. The van der Waals surface area contributed by atoms with Gasteiger partial charge < -0.3 is 9.47 Å². The molecule has 19 heavy (non-hydrogen) atoms. The minimum absolute atomic E-state index is 0.312. The topological polar surface area (TPSA) is 35.5 Å². The van der Waals surface area contributed by atoms with Crippen molar-refractivity contribution in [2.75, 3.05) is 6.61 Å². The zero-order chi connectivity index (χ0) is 13.9. The number of esters is 1. The first-order valence-electron chi connectivity index (χ1n) is 6.74. The Labute approximate surface area is 115 Å². The average molecular weight is 262 g/mol. The number of hydrogen-bond donors (Lipinski definition) is 0. The van der Waals surface area contributed by atoms with Crippen molar-refractivity contribution in [1.82, 2.24) is 0 Å². The van der Waals surface area contributed by atoms with Crippen molar-refractivity contribution in [3.8, 4) is 11.5 Å². The standard InChI is InChI=1S/C16H22O3/c1-3-4-5-6-7-8-13-18-15-9-11-16(12-10-15)19-14(2)17/h3,9-12H,1,4-8,13H2,2H3. The first kappa shape index (κ1) is 15.3. The first-order valence-corrected chi connectivity index (χ1v) is 6.74. The molecule has 0 saturated heterocycles. The molecule has 0 aliphatic rings. The molecule has 0 spiro atoms. The van der Waals surface area contributed by atoms with Gasteiger partial charge in [-0.2, -0.15) is 0 Å². The van der Waals surface area contributed by atoms with Gasteiger partial charge in [0.1, 0.15) is 11.5 Å². The SMILES string of the molecule is C=CCCCCCCOc1ccc(OC(C)=O)cc1. The fourth-order valence-electron chi connectivity index (χ4n) is 1.70. The van der Waals surface area contributed by atoms with Crippen molar-refractivity contribution in [3.63, 3.8) is 0 Å². The lowest BCUT2D eigenvalue weighted by Gasteiger charge is -2.07. The number of ether oxygens (including phenoxy) is 2. The molecule has 104 valence electrons. The zero-order valence-corrected chi connectivity index (χ0v) is 11.6. The second-order valence-corrected chi connectivity index (χ2v) is 4.41. The molecule has 0 aromatic heterocycles. The molecule has 3 nitrogen and oxygen atoms in total. The van der Waals surface area contributed by atoms with Crippen LogP contribution in [0.4, 0.5) is 0 Å². The number of hydrogen-bond acceptors (Lipinski definition) is 3. The highest BCUT2D eigenvalue weighted by Gasteiger charge is 1.99. The third-order valence-corrected chi connectivity index (χ3v) is 2.66. The van der Waals surface area contributed by atoms with Crippen LogP contribution < -0.4 is 9.47 Å². The predicted molar refractivity (Wildman–Crippen MR) is 76.5 cm³/mol. The fourth-order valence-corrected chi connectivity index (χ4v) is 1.70. The monoisotopic (exact) mass is 262 g/mol. The van der Waals surface area contributed by atoms with Gasteiger partial charge in [0.15, 0.2) is 0 Å². The molecule has 0 aliphatic carbocycles. The van der Waals surface area contributed by atoms with Crippen molar-refractivity contribution >= 4 is 5.97 Å². The van der Waals surface area contributed by atoms with Crippen LogP contribution in [-0.4, -0.2) is 12.6 Å². The highest BCUT2D eigenvalue weighted by atomic mass is 16.5. The summed E-state index contributed by atoms with van der Waals surface area (Å²) < 4.78 is 10.6. The fraction of sp³-hybridized carbons (Fsp3) is 0.438. The molecular weight excluding hydrogens is 240 g/mol. The molecule has 0 N–H and O–H groups in total. The molecule has 0 unspecified atom stereocenters. The average Bonchev–Trinajstić information content (AvgIpc) is 2.39. The Morgan fingerprint density at radius 2 is 1.74 bits per heavy atom. The molecule has 0 heterocycles. The van der Waals surface area contributed by atoms with Crippen LogP contribution in [-0.2, 0) is 4.79 Å². The lowest BCUT2D eigenvalue weighted by Crippen LogP contribution is -2.01. The Morgan fingerprint density at radius 1 is 1.11 bits per heavy atom. The van der Waals surface area contributed by atoms with Crippen LogP contribution in [0.15, 0.2) is 36.9 Å². The molecule has 1 aromatic rings. The number of allylic oxidation sites excluding steroid dienone is 1. The Kier molecular flexibility index (Phi) is 7.40. The van der Waals surface area contributed by atoms with Gasteiger partial charge in [-0.15, -0.1) is 6.58 Å². The van der Waals surface area contributed by atoms with Gasteiger partial charge in [0.2, 0.25) is 0 Å². The predicted octanol–water partition coefficient (Wildman–Crippen LogP) is 4.13. The molecule has 0 saturated carbocycles. The minimum atomic E-state index is -0.312. The van der Waals surface area contributed by atoms with Crippen LogP contribution in [0.3, 0.4) is 0 Å². The van der Waals surface area contributed by atoms with Gasteiger partial charge in [0, 0.05) is 6.92 Å². The summed E-state index contributed by atoms with van der Waals surface area (Å²) in [5.74, 6) is 1.04. The summed E-state index contributed by atoms with van der Waals surface area (Å²) >= 11 is 0. The molecular formula is C16H22O3. The lowest BCUT2D eigenvalue weighted by molar-refractivity contribution is -0.131. The van der Waals surface area contributed by atoms with Gasteiger partial charge in [0.05, 0.1) is 6.61 Å². The number of carbonyl (C=O) groups excluding carboxylic acids is 1. The normalized spacial score (nSPS) is 9.95. The van der Waals surface area contributed by atoms with E-state index >= 15 is 0 Å². The quantitative estimate of drug-likeness (QED) is 0.290. The Hall–Kier alpha value is -1.77. The molecule has 0 bridgehead atoms. The molecule has 1 aromatic carbocycles. The van der Waals surface area contributed by atoms with Crippen LogP contribution in [0, 0.1) is 0 Å². The highest BCUT2D eigenvalue weighted by molar-refractivity contribution is 5.69.